The highest BCUT2D eigenvalue weighted by molar-refractivity contribution is 5.26. The average Bonchev–Trinajstić information content (AvgIpc) is 2.02. The number of hydrogen-bond acceptors (Lipinski definition) is 1. The van der Waals surface area contributed by atoms with E-state index in [0.29, 0.717) is 0 Å². The summed E-state index contributed by atoms with van der Waals surface area (Å²) in [4.78, 5) is 0. The van der Waals surface area contributed by atoms with Crippen LogP contribution in [0.25, 0.3) is 0 Å². The van der Waals surface area contributed by atoms with E-state index in [9.17, 15) is 4.39 Å². The molecule has 13 heavy (non-hydrogen) atoms. The molecular formula is C11H15FO. The first kappa shape index (κ1) is 10.0. The highest BCUT2D eigenvalue weighted by atomic mass is 19.1. The van der Waals surface area contributed by atoms with Crippen LogP contribution in [0, 0.1) is 6.92 Å². The van der Waals surface area contributed by atoms with Gasteiger partial charge in [-0.25, -0.2) is 4.39 Å². The molecule has 0 aliphatic carbocycles. The van der Waals surface area contributed by atoms with Gasteiger partial charge in [-0.3, -0.25) is 0 Å². The van der Waals surface area contributed by atoms with Gasteiger partial charge in [0.25, 0.3) is 0 Å². The van der Waals surface area contributed by atoms with Crippen LogP contribution in [-0.4, -0.2) is 12.3 Å². The van der Waals surface area contributed by atoms with Crippen molar-refractivity contribution in [3.63, 3.8) is 0 Å². The van der Waals surface area contributed by atoms with Crippen LogP contribution in [-0.2, 0) is 0 Å². The fourth-order valence-electron chi connectivity index (χ4n) is 0.889. The second kappa shape index (κ2) is 3.77. The van der Waals surface area contributed by atoms with Crippen LogP contribution in [0.2, 0.25) is 0 Å². The van der Waals surface area contributed by atoms with Gasteiger partial charge in [-0.05, 0) is 32.9 Å². The standard InChI is InChI=1S/C11H15FO/c1-9-4-6-10(7-5-9)13-8-11(2,3)12/h4-7H,8H2,1-3H3. The summed E-state index contributed by atoms with van der Waals surface area (Å²) in [6.45, 7) is 5.10. The SMILES string of the molecule is Cc1ccc(OCC(C)(C)F)cc1. The molecule has 0 aliphatic rings. The lowest BCUT2D eigenvalue weighted by Gasteiger charge is -2.15. The minimum Gasteiger partial charge on any atom is -0.490 e. The van der Waals surface area contributed by atoms with Gasteiger partial charge in [-0.1, -0.05) is 17.7 Å². The minimum absolute atomic E-state index is 0.0933. The van der Waals surface area contributed by atoms with E-state index in [4.69, 9.17) is 4.74 Å². The molecule has 0 saturated heterocycles. The Morgan fingerprint density at radius 1 is 1.23 bits per heavy atom. The van der Waals surface area contributed by atoms with E-state index in [1.54, 1.807) is 0 Å². The molecule has 0 unspecified atom stereocenters. The number of rotatable bonds is 3. The van der Waals surface area contributed by atoms with E-state index in [0.717, 1.165) is 5.75 Å². The maximum Gasteiger partial charge on any atom is 0.139 e. The van der Waals surface area contributed by atoms with Gasteiger partial charge in [0.05, 0.1) is 0 Å². The quantitative estimate of drug-likeness (QED) is 0.697. The molecule has 1 nitrogen and oxygen atoms in total. The molecule has 1 aromatic carbocycles. The predicted octanol–water partition coefficient (Wildman–Crippen LogP) is 3.12. The second-order valence-electron chi connectivity index (χ2n) is 3.82. The largest absolute Gasteiger partial charge is 0.490 e. The molecule has 0 saturated carbocycles. The summed E-state index contributed by atoms with van der Waals surface area (Å²) in [5, 5.41) is 0. The van der Waals surface area contributed by atoms with Gasteiger partial charge in [0, 0.05) is 0 Å². The molecule has 0 atom stereocenters. The first-order valence-corrected chi connectivity index (χ1v) is 4.36. The zero-order valence-electron chi connectivity index (χ0n) is 8.30. The Balaban J connectivity index is 2.51. The number of aryl methyl sites for hydroxylation is 1. The molecule has 2 heteroatoms. The molecule has 0 heterocycles. The third kappa shape index (κ3) is 3.92. The van der Waals surface area contributed by atoms with Gasteiger partial charge in [0.15, 0.2) is 0 Å². The van der Waals surface area contributed by atoms with Crippen LogP contribution < -0.4 is 4.74 Å². The van der Waals surface area contributed by atoms with Gasteiger partial charge < -0.3 is 4.74 Å². The van der Waals surface area contributed by atoms with Crippen molar-refractivity contribution in [1.82, 2.24) is 0 Å². The normalized spacial score (nSPS) is 11.4. The molecule has 0 radical (unpaired) electrons. The van der Waals surface area contributed by atoms with Crippen LogP contribution >= 0.6 is 0 Å². The third-order valence-corrected chi connectivity index (χ3v) is 1.60. The van der Waals surface area contributed by atoms with E-state index in [1.807, 2.05) is 31.2 Å². The number of hydrogen-bond donors (Lipinski definition) is 0. The molecule has 0 amide bonds. The Hall–Kier alpha value is -1.05. The second-order valence-corrected chi connectivity index (χ2v) is 3.82. The molecule has 0 aromatic heterocycles. The van der Waals surface area contributed by atoms with Crippen LogP contribution in [0.15, 0.2) is 24.3 Å². The number of halogens is 1. The predicted molar refractivity (Wildman–Crippen MR) is 51.9 cm³/mol. The van der Waals surface area contributed by atoms with Crippen LogP contribution in [0.5, 0.6) is 5.75 Å². The highest BCUT2D eigenvalue weighted by Crippen LogP contribution is 2.15. The fourth-order valence-corrected chi connectivity index (χ4v) is 0.889. The molecule has 0 spiro atoms. The van der Waals surface area contributed by atoms with Gasteiger partial charge >= 0.3 is 0 Å². The van der Waals surface area contributed by atoms with Gasteiger partial charge in [0.1, 0.15) is 18.0 Å². The molecule has 0 bridgehead atoms. The molecule has 0 fully saturated rings. The van der Waals surface area contributed by atoms with Crippen molar-refractivity contribution in [2.45, 2.75) is 26.4 Å². The fraction of sp³-hybridized carbons (Fsp3) is 0.455. The lowest BCUT2D eigenvalue weighted by Crippen LogP contribution is -2.22. The van der Waals surface area contributed by atoms with Crippen LogP contribution in [0.3, 0.4) is 0 Å². The number of alkyl halides is 1. The molecule has 1 aromatic rings. The van der Waals surface area contributed by atoms with Crippen molar-refractivity contribution >= 4 is 0 Å². The summed E-state index contributed by atoms with van der Waals surface area (Å²) in [6, 6.07) is 7.59. The highest BCUT2D eigenvalue weighted by Gasteiger charge is 2.15. The lowest BCUT2D eigenvalue weighted by atomic mass is 10.2. The van der Waals surface area contributed by atoms with Crippen LogP contribution in [0.4, 0.5) is 4.39 Å². The molecule has 0 aliphatic heterocycles. The molecule has 0 N–H and O–H groups in total. The monoisotopic (exact) mass is 182 g/mol. The van der Waals surface area contributed by atoms with Gasteiger partial charge in [-0.2, -0.15) is 0 Å². The molecule has 1 rings (SSSR count). The Bertz CT molecular complexity index is 258. The van der Waals surface area contributed by atoms with E-state index in [1.165, 1.54) is 19.4 Å². The average molecular weight is 182 g/mol. The Labute approximate surface area is 78.5 Å². The van der Waals surface area contributed by atoms with E-state index < -0.39 is 5.67 Å². The third-order valence-electron chi connectivity index (χ3n) is 1.60. The first-order chi connectivity index (χ1) is 5.97. The number of ether oxygens (including phenoxy) is 1. The van der Waals surface area contributed by atoms with Crippen molar-refractivity contribution in [2.24, 2.45) is 0 Å². The zero-order valence-corrected chi connectivity index (χ0v) is 8.30. The lowest BCUT2D eigenvalue weighted by molar-refractivity contribution is 0.121. The zero-order chi connectivity index (χ0) is 9.90. The van der Waals surface area contributed by atoms with Gasteiger partial charge in [-0.15, -0.1) is 0 Å². The Morgan fingerprint density at radius 3 is 2.23 bits per heavy atom. The van der Waals surface area contributed by atoms with Crippen molar-refractivity contribution in [1.29, 1.82) is 0 Å². The smallest absolute Gasteiger partial charge is 0.139 e. The minimum atomic E-state index is -1.27. The van der Waals surface area contributed by atoms with Crippen LogP contribution in [0.1, 0.15) is 19.4 Å². The topological polar surface area (TPSA) is 9.23 Å². The van der Waals surface area contributed by atoms with Crippen molar-refractivity contribution in [3.8, 4) is 5.75 Å². The van der Waals surface area contributed by atoms with E-state index >= 15 is 0 Å². The summed E-state index contributed by atoms with van der Waals surface area (Å²) in [5.74, 6) is 0.719. The van der Waals surface area contributed by atoms with Gasteiger partial charge in [0.2, 0.25) is 0 Å². The Morgan fingerprint density at radius 2 is 1.77 bits per heavy atom. The summed E-state index contributed by atoms with van der Waals surface area (Å²) < 4.78 is 18.3. The Kier molecular flexibility index (Phi) is 2.91. The molecule has 72 valence electrons. The summed E-state index contributed by atoms with van der Waals surface area (Å²) in [5.41, 5.74) is -0.0999. The summed E-state index contributed by atoms with van der Waals surface area (Å²) >= 11 is 0. The number of benzene rings is 1. The maximum absolute atomic E-state index is 13.0. The maximum atomic E-state index is 13.0. The first-order valence-electron chi connectivity index (χ1n) is 4.36. The summed E-state index contributed by atoms with van der Waals surface area (Å²) in [6.07, 6.45) is 0. The van der Waals surface area contributed by atoms with E-state index in [2.05, 4.69) is 0 Å². The van der Waals surface area contributed by atoms with Crippen molar-refractivity contribution in [2.75, 3.05) is 6.61 Å². The van der Waals surface area contributed by atoms with Crippen molar-refractivity contribution in [3.05, 3.63) is 29.8 Å². The van der Waals surface area contributed by atoms with Crippen molar-refractivity contribution < 1.29 is 9.13 Å². The van der Waals surface area contributed by atoms with E-state index in [-0.39, 0.29) is 6.61 Å². The molecular weight excluding hydrogens is 167 g/mol. The summed E-state index contributed by atoms with van der Waals surface area (Å²) in [7, 11) is 0.